The number of carbonyl (C=O) groups is 2. The Bertz CT molecular complexity index is 1150. The minimum absolute atomic E-state index is 0.0413. The number of nitrogens with zero attached hydrogens (tertiary/aromatic N) is 2. The number of carbonyl (C=O) groups excluding carboxylic acids is 2. The zero-order valence-electron chi connectivity index (χ0n) is 22.7. The lowest BCUT2D eigenvalue weighted by Crippen LogP contribution is -2.41. The van der Waals surface area contributed by atoms with E-state index in [-0.39, 0.29) is 24.1 Å². The Hall–Kier alpha value is -2.30. The topological polar surface area (TPSA) is 91.7 Å². The molecule has 0 saturated heterocycles. The second-order valence-corrected chi connectivity index (χ2v) is 12.9. The number of esters is 1. The minimum Gasteiger partial charge on any atom is -0.490 e. The van der Waals surface area contributed by atoms with Crippen molar-refractivity contribution in [2.75, 3.05) is 6.61 Å². The predicted octanol–water partition coefficient (Wildman–Crippen LogP) is 6.52. The van der Waals surface area contributed by atoms with Gasteiger partial charge >= 0.3 is 12.1 Å². The summed E-state index contributed by atoms with van der Waals surface area (Å²) < 4.78 is 19.7. The molecule has 1 heterocycles. The van der Waals surface area contributed by atoms with Crippen molar-refractivity contribution in [2.45, 2.75) is 96.4 Å². The Balaban J connectivity index is 1.29. The molecule has 2 unspecified atom stereocenters. The summed E-state index contributed by atoms with van der Waals surface area (Å²) in [4.78, 5) is 25.2. The maximum absolute atomic E-state index is 13.0. The molecule has 8 nitrogen and oxygen atoms in total. The number of ether oxygens (including phenoxy) is 3. The number of fused-ring (bicyclic) bond motifs is 1. The fourth-order valence-corrected chi connectivity index (χ4v) is 6.71. The summed E-state index contributed by atoms with van der Waals surface area (Å²) in [6.07, 6.45) is 6.83. The quantitative estimate of drug-likeness (QED) is 0.275. The van der Waals surface area contributed by atoms with Gasteiger partial charge in [-0.05, 0) is 131 Å². The molecule has 1 amide bonds. The van der Waals surface area contributed by atoms with E-state index in [9.17, 15) is 9.59 Å². The molecule has 3 fully saturated rings. The van der Waals surface area contributed by atoms with Crippen LogP contribution in [0.25, 0.3) is 11.3 Å². The fraction of sp³-hybridized carbons (Fsp3) is 0.621. The molecule has 0 radical (unpaired) electrons. The fourth-order valence-electron chi connectivity index (χ4n) is 5.82. The number of amides is 1. The first kappa shape index (κ1) is 27.3. The monoisotopic (exact) mass is 635 g/mol. The molecule has 2 aromatic rings. The van der Waals surface area contributed by atoms with Crippen LogP contribution in [0.1, 0.15) is 89.2 Å². The van der Waals surface area contributed by atoms with Gasteiger partial charge in [0.1, 0.15) is 17.0 Å². The summed E-state index contributed by atoms with van der Waals surface area (Å²) in [6, 6.07) is 8.15. The Morgan fingerprint density at radius 1 is 1.05 bits per heavy atom. The van der Waals surface area contributed by atoms with Gasteiger partial charge in [-0.3, -0.25) is 4.68 Å². The van der Waals surface area contributed by atoms with Gasteiger partial charge in [0.05, 0.1) is 22.3 Å². The predicted molar refractivity (Wildman–Crippen MR) is 152 cm³/mol. The number of halogens is 1. The summed E-state index contributed by atoms with van der Waals surface area (Å²) >= 11 is 2.22. The molecule has 0 spiro atoms. The zero-order valence-corrected chi connectivity index (χ0v) is 24.8. The highest BCUT2D eigenvalue weighted by Crippen LogP contribution is 2.52. The van der Waals surface area contributed by atoms with Crippen LogP contribution in [0.4, 0.5) is 4.79 Å². The molecule has 0 bridgehead atoms. The molecule has 3 aliphatic carbocycles. The Kier molecular flexibility index (Phi) is 7.94. The average Bonchev–Trinajstić information content (AvgIpc) is 3.30. The van der Waals surface area contributed by atoms with E-state index in [0.717, 1.165) is 58.1 Å². The maximum Gasteiger partial charge on any atom is 0.407 e. The van der Waals surface area contributed by atoms with Crippen LogP contribution in [0.5, 0.6) is 5.75 Å². The highest BCUT2D eigenvalue weighted by atomic mass is 127. The Morgan fingerprint density at radius 3 is 2.32 bits per heavy atom. The Labute approximate surface area is 238 Å². The van der Waals surface area contributed by atoms with Gasteiger partial charge in [-0.2, -0.15) is 5.10 Å². The molecule has 2 atom stereocenters. The molecule has 1 aromatic carbocycles. The average molecular weight is 636 g/mol. The van der Waals surface area contributed by atoms with E-state index in [1.54, 1.807) is 0 Å². The molecule has 3 aliphatic rings. The van der Waals surface area contributed by atoms with E-state index in [4.69, 9.17) is 19.3 Å². The van der Waals surface area contributed by atoms with E-state index in [0.29, 0.717) is 18.4 Å². The molecular formula is C29H38IN3O5. The second-order valence-electron chi connectivity index (χ2n) is 11.8. The number of nitrogens with one attached hydrogen (secondary N) is 1. The smallest absolute Gasteiger partial charge is 0.407 e. The van der Waals surface area contributed by atoms with E-state index in [1.165, 1.54) is 19.3 Å². The van der Waals surface area contributed by atoms with Gasteiger partial charge < -0.3 is 19.5 Å². The summed E-state index contributed by atoms with van der Waals surface area (Å²) in [5.41, 5.74) is 1.69. The van der Waals surface area contributed by atoms with Crippen LogP contribution >= 0.6 is 22.6 Å². The van der Waals surface area contributed by atoms with Crippen LogP contribution in [0.2, 0.25) is 0 Å². The van der Waals surface area contributed by atoms with Crippen molar-refractivity contribution in [2.24, 2.45) is 11.8 Å². The van der Waals surface area contributed by atoms with Crippen molar-refractivity contribution in [3.63, 3.8) is 0 Å². The number of aromatic nitrogens is 2. The van der Waals surface area contributed by atoms with Crippen LogP contribution in [0.3, 0.4) is 0 Å². The van der Waals surface area contributed by atoms with Crippen molar-refractivity contribution in [3.8, 4) is 17.0 Å². The molecule has 5 rings (SSSR count). The second kappa shape index (κ2) is 11.1. The van der Waals surface area contributed by atoms with E-state index in [1.807, 2.05) is 56.6 Å². The summed E-state index contributed by atoms with van der Waals surface area (Å²) in [6.45, 7) is 7.68. The number of hydrogen-bond acceptors (Lipinski definition) is 6. The first-order chi connectivity index (χ1) is 18.1. The third kappa shape index (κ3) is 6.29. The molecule has 3 saturated carbocycles. The van der Waals surface area contributed by atoms with Gasteiger partial charge in [0.2, 0.25) is 0 Å². The lowest BCUT2D eigenvalue weighted by Gasteiger charge is -2.30. The van der Waals surface area contributed by atoms with Crippen molar-refractivity contribution >= 4 is 34.7 Å². The van der Waals surface area contributed by atoms with Gasteiger partial charge in [0.25, 0.3) is 0 Å². The van der Waals surface area contributed by atoms with Crippen molar-refractivity contribution in [3.05, 3.63) is 33.5 Å². The van der Waals surface area contributed by atoms with Gasteiger partial charge in [-0.1, -0.05) is 0 Å². The van der Waals surface area contributed by atoms with Gasteiger partial charge in [0, 0.05) is 11.6 Å². The zero-order chi connectivity index (χ0) is 27.0. The third-order valence-electron chi connectivity index (χ3n) is 7.72. The van der Waals surface area contributed by atoms with Crippen molar-refractivity contribution < 1.29 is 23.8 Å². The number of rotatable bonds is 7. The van der Waals surface area contributed by atoms with Crippen LogP contribution in [0, 0.1) is 15.4 Å². The number of benzene rings is 1. The van der Waals surface area contributed by atoms with Crippen LogP contribution in [-0.2, 0) is 9.47 Å². The highest BCUT2D eigenvalue weighted by molar-refractivity contribution is 14.1. The lowest BCUT2D eigenvalue weighted by molar-refractivity contribution is 0.0487. The van der Waals surface area contributed by atoms with Gasteiger partial charge in [-0.15, -0.1) is 0 Å². The molecule has 206 valence electrons. The molecule has 1 aromatic heterocycles. The van der Waals surface area contributed by atoms with Crippen LogP contribution in [-0.4, -0.2) is 46.2 Å². The standard InChI is InChI=1S/C29H38IN3O5/c1-5-36-27(34)26-24(30)25(17-6-12-22(13-7-17)37-23-15-18-14-19(18)16-23)32-33(26)21-10-8-20(9-11-21)31-28(35)38-29(2,3)4/h6-7,12-13,18-21,23H,5,8-11,14-16H2,1-4H3,(H,31,35)/t18?,19?,20-,21+,23?. The Morgan fingerprint density at radius 2 is 1.71 bits per heavy atom. The van der Waals surface area contributed by atoms with E-state index in [2.05, 4.69) is 27.9 Å². The van der Waals surface area contributed by atoms with Crippen molar-refractivity contribution in [1.82, 2.24) is 15.1 Å². The minimum atomic E-state index is -0.529. The molecular weight excluding hydrogens is 597 g/mol. The normalized spacial score (nSPS) is 26.4. The first-order valence-corrected chi connectivity index (χ1v) is 14.9. The van der Waals surface area contributed by atoms with Gasteiger partial charge in [0.15, 0.2) is 5.69 Å². The van der Waals surface area contributed by atoms with E-state index >= 15 is 0 Å². The lowest BCUT2D eigenvalue weighted by atomic mass is 9.91. The molecule has 38 heavy (non-hydrogen) atoms. The largest absolute Gasteiger partial charge is 0.490 e. The van der Waals surface area contributed by atoms with Crippen molar-refractivity contribution in [1.29, 1.82) is 0 Å². The summed E-state index contributed by atoms with van der Waals surface area (Å²) in [5, 5.41) is 7.93. The molecule has 1 N–H and O–H groups in total. The van der Waals surface area contributed by atoms with Crippen LogP contribution < -0.4 is 10.1 Å². The van der Waals surface area contributed by atoms with Crippen LogP contribution in [0.15, 0.2) is 24.3 Å². The van der Waals surface area contributed by atoms with Gasteiger partial charge in [-0.25, -0.2) is 9.59 Å². The first-order valence-electron chi connectivity index (χ1n) is 13.8. The highest BCUT2D eigenvalue weighted by Gasteiger charge is 2.46. The SMILES string of the molecule is CCOC(=O)c1c(I)c(-c2ccc(OC3CC4CC4C3)cc2)nn1[C@H]1CC[C@@H](NC(=O)OC(C)(C)C)CC1. The molecule has 0 aliphatic heterocycles. The molecule has 9 heteroatoms. The maximum atomic E-state index is 13.0. The number of hydrogen-bond donors (Lipinski definition) is 1. The summed E-state index contributed by atoms with van der Waals surface area (Å²) in [7, 11) is 0. The summed E-state index contributed by atoms with van der Waals surface area (Å²) in [5.74, 6) is 2.30. The third-order valence-corrected chi connectivity index (χ3v) is 8.74. The van der Waals surface area contributed by atoms with E-state index < -0.39 is 5.60 Å². The number of alkyl carbamates (subject to hydrolysis) is 1.